The number of ether oxygens (including phenoxy) is 1. The molecule has 0 amide bonds. The topological polar surface area (TPSA) is 41.6 Å². The second-order valence-electron chi connectivity index (χ2n) is 7.28. The molecule has 140 valence electrons. The molecule has 1 unspecified atom stereocenters. The molecule has 4 aliphatic heterocycles. The molecule has 1 atom stereocenters. The summed E-state index contributed by atoms with van der Waals surface area (Å²) in [7, 11) is 0. The number of esters is 1. The van der Waals surface area contributed by atoms with Gasteiger partial charge in [0.15, 0.2) is 0 Å². The van der Waals surface area contributed by atoms with Gasteiger partial charge >= 0.3 is 5.97 Å². The third kappa shape index (κ3) is 3.97. The lowest BCUT2D eigenvalue weighted by molar-refractivity contribution is -0.167. The predicted octanol–water partition coefficient (Wildman–Crippen LogP) is 2.79. The minimum atomic E-state index is -0.460. The molecule has 4 nitrogen and oxygen atoms in total. The van der Waals surface area contributed by atoms with E-state index in [-0.39, 0.29) is 36.9 Å². The zero-order valence-corrected chi connectivity index (χ0v) is 16.1. The van der Waals surface area contributed by atoms with Crippen molar-refractivity contribution in [2.24, 2.45) is 5.92 Å². The fraction of sp³-hybridized carbons (Fsp3) is 0.632. The Kier molecular flexibility index (Phi) is 7.15. The highest BCUT2D eigenvalue weighted by Crippen LogP contribution is 2.37. The maximum atomic E-state index is 13.2. The van der Waals surface area contributed by atoms with Gasteiger partial charge in [-0.15, -0.1) is 24.8 Å². The maximum absolute atomic E-state index is 13.2. The molecule has 1 aromatic rings. The first-order chi connectivity index (χ1) is 11.3. The zero-order valence-electron chi connectivity index (χ0n) is 14.5. The van der Waals surface area contributed by atoms with E-state index in [9.17, 15) is 4.79 Å². The number of carbonyl (C=O) groups excluding carboxylic acids is 1. The van der Waals surface area contributed by atoms with Crippen LogP contribution in [0.25, 0.3) is 0 Å². The van der Waals surface area contributed by atoms with Gasteiger partial charge in [0.05, 0.1) is 5.41 Å². The van der Waals surface area contributed by atoms with E-state index in [1.165, 1.54) is 25.9 Å². The first kappa shape index (κ1) is 20.5. The van der Waals surface area contributed by atoms with Gasteiger partial charge in [0.25, 0.3) is 0 Å². The van der Waals surface area contributed by atoms with Gasteiger partial charge in [-0.3, -0.25) is 9.69 Å². The standard InChI is InChI=1S/C19H26N2O2.2ClH/c22-18(23-17-14-21-12-6-15(17)7-13-21)19(8-10-20-11-9-19)16-4-2-1-3-5-16;;/h1-5,15,17,20H,6-14H2;2*1H. The van der Waals surface area contributed by atoms with Gasteiger partial charge in [0, 0.05) is 6.54 Å². The van der Waals surface area contributed by atoms with E-state index < -0.39 is 5.41 Å². The van der Waals surface area contributed by atoms with Crippen LogP contribution in [0.15, 0.2) is 30.3 Å². The SMILES string of the molecule is Cl.Cl.O=C(OC1CN2CCC1CC2)C1(c2ccccc2)CCNCC1. The summed E-state index contributed by atoms with van der Waals surface area (Å²) in [6.07, 6.45) is 4.12. The minimum absolute atomic E-state index is 0. The third-order valence-electron chi connectivity index (χ3n) is 6.03. The number of nitrogens with zero attached hydrogens (tertiary/aromatic N) is 1. The maximum Gasteiger partial charge on any atom is 0.316 e. The molecule has 0 spiro atoms. The van der Waals surface area contributed by atoms with E-state index in [2.05, 4.69) is 22.3 Å². The van der Waals surface area contributed by atoms with Gasteiger partial charge in [-0.05, 0) is 63.3 Å². The molecule has 0 radical (unpaired) electrons. The molecule has 4 saturated heterocycles. The first-order valence-corrected chi connectivity index (χ1v) is 8.98. The summed E-state index contributed by atoms with van der Waals surface area (Å²) in [6.45, 7) is 5.03. The van der Waals surface area contributed by atoms with Crippen molar-refractivity contribution in [3.63, 3.8) is 0 Å². The van der Waals surface area contributed by atoms with Gasteiger partial charge < -0.3 is 10.1 Å². The molecule has 4 heterocycles. The molecule has 1 aromatic carbocycles. The highest BCUT2D eigenvalue weighted by Gasteiger charge is 2.45. The summed E-state index contributed by atoms with van der Waals surface area (Å²) in [6, 6.07) is 10.2. The van der Waals surface area contributed by atoms with Crippen LogP contribution in [0.3, 0.4) is 0 Å². The number of piperidine rings is 4. The van der Waals surface area contributed by atoms with Crippen LogP contribution in [-0.2, 0) is 14.9 Å². The van der Waals surface area contributed by atoms with E-state index in [4.69, 9.17) is 4.74 Å². The minimum Gasteiger partial charge on any atom is -0.460 e. The fourth-order valence-electron chi connectivity index (χ4n) is 4.52. The Morgan fingerprint density at radius 1 is 1.08 bits per heavy atom. The van der Waals surface area contributed by atoms with Gasteiger partial charge in [-0.25, -0.2) is 0 Å². The highest BCUT2D eigenvalue weighted by atomic mass is 35.5. The molecule has 4 fully saturated rings. The van der Waals surface area contributed by atoms with Crippen molar-refractivity contribution >= 4 is 30.8 Å². The van der Waals surface area contributed by atoms with Crippen LogP contribution < -0.4 is 5.32 Å². The van der Waals surface area contributed by atoms with Gasteiger partial charge in [-0.1, -0.05) is 30.3 Å². The van der Waals surface area contributed by atoms with Crippen molar-refractivity contribution in [2.45, 2.75) is 37.2 Å². The van der Waals surface area contributed by atoms with Crippen molar-refractivity contribution in [1.82, 2.24) is 10.2 Å². The molecule has 4 aliphatic rings. The zero-order chi connectivity index (χ0) is 15.7. The van der Waals surface area contributed by atoms with Crippen molar-refractivity contribution in [2.75, 3.05) is 32.7 Å². The van der Waals surface area contributed by atoms with Crippen LogP contribution >= 0.6 is 24.8 Å². The van der Waals surface area contributed by atoms with Crippen molar-refractivity contribution in [3.8, 4) is 0 Å². The molecule has 0 aliphatic carbocycles. The summed E-state index contributed by atoms with van der Waals surface area (Å²) in [4.78, 5) is 15.6. The number of carbonyl (C=O) groups is 1. The lowest BCUT2D eigenvalue weighted by Crippen LogP contribution is -2.54. The second-order valence-corrected chi connectivity index (χ2v) is 7.28. The number of fused-ring (bicyclic) bond motifs is 3. The predicted molar refractivity (Wildman–Crippen MR) is 104 cm³/mol. The van der Waals surface area contributed by atoms with Crippen LogP contribution in [0.2, 0.25) is 0 Å². The number of hydrogen-bond donors (Lipinski definition) is 1. The third-order valence-corrected chi connectivity index (χ3v) is 6.03. The van der Waals surface area contributed by atoms with E-state index in [1.807, 2.05) is 18.2 Å². The lowest BCUT2D eigenvalue weighted by Gasteiger charge is -2.45. The average molecular weight is 387 g/mol. The van der Waals surface area contributed by atoms with Crippen LogP contribution in [0.1, 0.15) is 31.2 Å². The number of hydrogen-bond acceptors (Lipinski definition) is 4. The summed E-state index contributed by atoms with van der Waals surface area (Å²) in [5.74, 6) is 0.572. The normalized spacial score (nSPS) is 29.8. The number of nitrogens with one attached hydrogen (secondary N) is 1. The Morgan fingerprint density at radius 3 is 2.28 bits per heavy atom. The number of rotatable bonds is 3. The fourth-order valence-corrected chi connectivity index (χ4v) is 4.52. The Labute approximate surface area is 162 Å². The lowest BCUT2D eigenvalue weighted by atomic mass is 9.73. The first-order valence-electron chi connectivity index (χ1n) is 8.98. The molecule has 2 bridgehead atoms. The summed E-state index contributed by atoms with van der Waals surface area (Å²) < 4.78 is 6.11. The molecule has 0 aromatic heterocycles. The highest BCUT2D eigenvalue weighted by molar-refractivity contribution is 5.85. The summed E-state index contributed by atoms with van der Waals surface area (Å²) in [5.41, 5.74) is 0.659. The smallest absolute Gasteiger partial charge is 0.316 e. The summed E-state index contributed by atoms with van der Waals surface area (Å²) in [5, 5.41) is 3.38. The van der Waals surface area contributed by atoms with E-state index in [0.717, 1.165) is 38.0 Å². The van der Waals surface area contributed by atoms with E-state index >= 15 is 0 Å². The quantitative estimate of drug-likeness (QED) is 0.810. The Morgan fingerprint density at radius 2 is 1.72 bits per heavy atom. The molecular weight excluding hydrogens is 359 g/mol. The largest absolute Gasteiger partial charge is 0.460 e. The van der Waals surface area contributed by atoms with Gasteiger partial charge in [0.1, 0.15) is 6.10 Å². The summed E-state index contributed by atoms with van der Waals surface area (Å²) >= 11 is 0. The van der Waals surface area contributed by atoms with Crippen LogP contribution in [0, 0.1) is 5.92 Å². The van der Waals surface area contributed by atoms with E-state index in [1.54, 1.807) is 0 Å². The molecular formula is C19H28Cl2N2O2. The number of benzene rings is 1. The molecule has 25 heavy (non-hydrogen) atoms. The molecule has 6 heteroatoms. The Bertz CT molecular complexity index is 556. The Balaban J connectivity index is 0.00000113. The molecule has 0 saturated carbocycles. The number of halogens is 2. The van der Waals surface area contributed by atoms with Crippen LogP contribution in [-0.4, -0.2) is 49.7 Å². The van der Waals surface area contributed by atoms with Gasteiger partial charge in [-0.2, -0.15) is 0 Å². The van der Waals surface area contributed by atoms with Crippen molar-refractivity contribution < 1.29 is 9.53 Å². The van der Waals surface area contributed by atoms with Gasteiger partial charge in [0.2, 0.25) is 0 Å². The monoisotopic (exact) mass is 386 g/mol. The van der Waals surface area contributed by atoms with Crippen LogP contribution in [0.5, 0.6) is 0 Å². The average Bonchev–Trinajstić information content (AvgIpc) is 2.64. The second kappa shape index (κ2) is 8.72. The van der Waals surface area contributed by atoms with Crippen molar-refractivity contribution in [1.29, 1.82) is 0 Å². The van der Waals surface area contributed by atoms with E-state index in [0.29, 0.717) is 5.92 Å². The molecule has 1 N–H and O–H groups in total. The Hall–Kier alpha value is -0.810. The molecule has 5 rings (SSSR count). The van der Waals surface area contributed by atoms with Crippen LogP contribution in [0.4, 0.5) is 0 Å². The van der Waals surface area contributed by atoms with Crippen molar-refractivity contribution in [3.05, 3.63) is 35.9 Å².